The Morgan fingerprint density at radius 2 is 1.97 bits per heavy atom. The number of benzene rings is 3. The molecule has 1 aliphatic rings. The van der Waals surface area contributed by atoms with Crippen LogP contribution in [0.3, 0.4) is 0 Å². The second kappa shape index (κ2) is 7.63. The molecule has 2 heterocycles. The van der Waals surface area contributed by atoms with Gasteiger partial charge in [0.25, 0.3) is 0 Å². The minimum atomic E-state index is -0.280. The number of likely N-dealkylation sites (N-methyl/N-ethyl adjacent to an activating group) is 1. The number of hydrogen-bond donors (Lipinski definition) is 2. The summed E-state index contributed by atoms with van der Waals surface area (Å²) in [5.41, 5.74) is 13.1. The highest BCUT2D eigenvalue weighted by atomic mass is 19.1. The van der Waals surface area contributed by atoms with E-state index in [0.717, 1.165) is 30.8 Å². The van der Waals surface area contributed by atoms with Gasteiger partial charge in [0.15, 0.2) is 0 Å². The van der Waals surface area contributed by atoms with Gasteiger partial charge in [-0.2, -0.15) is 0 Å². The number of nitrogens with zero attached hydrogens (tertiary/aromatic N) is 3. The van der Waals surface area contributed by atoms with Crippen molar-refractivity contribution in [2.24, 2.45) is 0 Å². The molecule has 0 saturated heterocycles. The van der Waals surface area contributed by atoms with Crippen molar-refractivity contribution in [2.45, 2.75) is 19.9 Å². The van der Waals surface area contributed by atoms with Crippen molar-refractivity contribution in [3.05, 3.63) is 77.2 Å². The number of hydrogen-bond acceptors (Lipinski definition) is 5. The highest BCUT2D eigenvalue weighted by Gasteiger charge is 2.16. The van der Waals surface area contributed by atoms with Crippen LogP contribution >= 0.6 is 0 Å². The van der Waals surface area contributed by atoms with Crippen LogP contribution in [0.25, 0.3) is 22.0 Å². The fourth-order valence-electron chi connectivity index (χ4n) is 4.28. The number of nitrogen functional groups attached to an aromatic ring is 1. The highest BCUT2D eigenvalue weighted by molar-refractivity contribution is 6.01. The first-order chi connectivity index (χ1) is 15.0. The lowest BCUT2D eigenvalue weighted by Crippen LogP contribution is -2.26. The summed E-state index contributed by atoms with van der Waals surface area (Å²) in [7, 11) is 2.13. The van der Waals surface area contributed by atoms with E-state index in [4.69, 9.17) is 10.7 Å². The standard InChI is InChI=1S/C25H24FN5/c1-15-4-3-5-21(26)23(15)19-8-9-22(27)20-13-28-25(30-24(19)20)29-18-7-6-16-10-11-31(2)14-17(16)12-18/h3-9,12-13H,10-11,14,27H2,1-2H3,(H,28,29,30). The predicted octanol–water partition coefficient (Wildman–Crippen LogP) is 5.06. The lowest BCUT2D eigenvalue weighted by molar-refractivity contribution is 0.313. The summed E-state index contributed by atoms with van der Waals surface area (Å²) in [5, 5.41) is 4.02. The monoisotopic (exact) mass is 413 g/mol. The summed E-state index contributed by atoms with van der Waals surface area (Å²) in [5.74, 6) is 0.176. The van der Waals surface area contributed by atoms with Crippen LogP contribution in [-0.4, -0.2) is 28.5 Å². The summed E-state index contributed by atoms with van der Waals surface area (Å²) in [4.78, 5) is 11.5. The molecule has 0 spiro atoms. The largest absolute Gasteiger partial charge is 0.398 e. The average Bonchev–Trinajstić information content (AvgIpc) is 2.75. The number of aromatic nitrogens is 2. The zero-order valence-corrected chi connectivity index (χ0v) is 17.6. The Hall–Kier alpha value is -3.51. The zero-order chi connectivity index (χ0) is 21.5. The van der Waals surface area contributed by atoms with E-state index in [2.05, 4.69) is 40.4 Å². The third-order valence-electron chi connectivity index (χ3n) is 5.94. The second-order valence-electron chi connectivity index (χ2n) is 8.19. The van der Waals surface area contributed by atoms with Crippen molar-refractivity contribution >= 4 is 28.2 Å². The van der Waals surface area contributed by atoms with Crippen molar-refractivity contribution in [3.63, 3.8) is 0 Å². The van der Waals surface area contributed by atoms with E-state index in [1.165, 1.54) is 17.2 Å². The van der Waals surface area contributed by atoms with Gasteiger partial charge in [-0.3, -0.25) is 0 Å². The van der Waals surface area contributed by atoms with Gasteiger partial charge in [-0.1, -0.05) is 18.2 Å². The van der Waals surface area contributed by atoms with Crippen molar-refractivity contribution in [1.82, 2.24) is 14.9 Å². The molecule has 5 nitrogen and oxygen atoms in total. The van der Waals surface area contributed by atoms with Crippen LogP contribution in [0, 0.1) is 12.7 Å². The maximum absolute atomic E-state index is 14.7. The molecule has 3 aromatic carbocycles. The molecule has 31 heavy (non-hydrogen) atoms. The zero-order valence-electron chi connectivity index (χ0n) is 17.6. The van der Waals surface area contributed by atoms with Crippen LogP contribution in [0.2, 0.25) is 0 Å². The van der Waals surface area contributed by atoms with Gasteiger partial charge >= 0.3 is 0 Å². The van der Waals surface area contributed by atoms with E-state index in [1.54, 1.807) is 18.3 Å². The third kappa shape index (κ3) is 3.59. The van der Waals surface area contributed by atoms with Crippen LogP contribution in [0.4, 0.5) is 21.7 Å². The van der Waals surface area contributed by atoms with Crippen molar-refractivity contribution in [3.8, 4) is 11.1 Å². The van der Waals surface area contributed by atoms with Gasteiger partial charge in [0, 0.05) is 47.2 Å². The fraction of sp³-hybridized carbons (Fsp3) is 0.200. The average molecular weight is 414 g/mol. The molecule has 6 heteroatoms. The lowest BCUT2D eigenvalue weighted by atomic mass is 9.97. The smallest absolute Gasteiger partial charge is 0.227 e. The minimum absolute atomic E-state index is 0.280. The summed E-state index contributed by atoms with van der Waals surface area (Å²) < 4.78 is 14.7. The van der Waals surface area contributed by atoms with E-state index < -0.39 is 0 Å². The number of fused-ring (bicyclic) bond motifs is 2. The van der Waals surface area contributed by atoms with Crippen LogP contribution in [0.5, 0.6) is 0 Å². The van der Waals surface area contributed by atoms with Gasteiger partial charge in [-0.25, -0.2) is 14.4 Å². The SMILES string of the molecule is Cc1cccc(F)c1-c1ccc(N)c2cnc(Nc3ccc4c(c3)CN(C)CC4)nc12. The summed E-state index contributed by atoms with van der Waals surface area (Å²) >= 11 is 0. The molecule has 0 radical (unpaired) electrons. The topological polar surface area (TPSA) is 67.1 Å². The third-order valence-corrected chi connectivity index (χ3v) is 5.94. The van der Waals surface area contributed by atoms with Gasteiger partial charge < -0.3 is 16.0 Å². The van der Waals surface area contributed by atoms with Gasteiger partial charge in [0.2, 0.25) is 5.95 Å². The van der Waals surface area contributed by atoms with E-state index in [-0.39, 0.29) is 5.82 Å². The van der Waals surface area contributed by atoms with Crippen LogP contribution in [0.15, 0.2) is 54.7 Å². The predicted molar refractivity (Wildman–Crippen MR) is 124 cm³/mol. The van der Waals surface area contributed by atoms with Gasteiger partial charge in [0.05, 0.1) is 5.52 Å². The number of rotatable bonds is 3. The quantitative estimate of drug-likeness (QED) is 0.460. The van der Waals surface area contributed by atoms with Gasteiger partial charge in [-0.15, -0.1) is 0 Å². The second-order valence-corrected chi connectivity index (χ2v) is 8.19. The molecule has 0 bridgehead atoms. The molecule has 1 aliphatic heterocycles. The molecule has 0 aliphatic carbocycles. The normalized spacial score (nSPS) is 13.9. The first-order valence-electron chi connectivity index (χ1n) is 10.4. The Morgan fingerprint density at radius 1 is 1.10 bits per heavy atom. The van der Waals surface area contributed by atoms with Crippen LogP contribution < -0.4 is 11.1 Å². The van der Waals surface area contributed by atoms with Gasteiger partial charge in [-0.05, 0) is 67.4 Å². The number of nitrogens with two attached hydrogens (primary N) is 1. The Morgan fingerprint density at radius 3 is 2.81 bits per heavy atom. The highest BCUT2D eigenvalue weighted by Crippen LogP contribution is 2.35. The molecule has 3 N–H and O–H groups in total. The van der Waals surface area contributed by atoms with Gasteiger partial charge in [0.1, 0.15) is 5.82 Å². The van der Waals surface area contributed by atoms with Crippen molar-refractivity contribution < 1.29 is 4.39 Å². The summed E-state index contributed by atoms with van der Waals surface area (Å²) in [6.45, 7) is 3.90. The first kappa shape index (κ1) is 19.5. The van der Waals surface area contributed by atoms with E-state index in [1.807, 2.05) is 19.1 Å². The maximum atomic E-state index is 14.7. The molecular weight excluding hydrogens is 389 g/mol. The Balaban J connectivity index is 1.58. The Kier molecular flexibility index (Phi) is 4.79. The summed E-state index contributed by atoms with van der Waals surface area (Å²) in [6.07, 6.45) is 2.76. The first-order valence-corrected chi connectivity index (χ1v) is 10.4. The molecule has 0 amide bonds. The number of aryl methyl sites for hydroxylation is 1. The molecule has 0 unspecified atom stereocenters. The molecule has 156 valence electrons. The van der Waals surface area contributed by atoms with Crippen molar-refractivity contribution in [1.29, 1.82) is 0 Å². The Labute approximate surface area is 180 Å². The molecular formula is C25H24FN5. The number of nitrogens with one attached hydrogen (secondary N) is 1. The van der Waals surface area contributed by atoms with Crippen LogP contribution in [0.1, 0.15) is 16.7 Å². The van der Waals surface area contributed by atoms with E-state index in [9.17, 15) is 4.39 Å². The molecule has 0 fully saturated rings. The number of anilines is 3. The number of halogens is 1. The van der Waals surface area contributed by atoms with E-state index >= 15 is 0 Å². The molecule has 0 atom stereocenters. The molecule has 1 aromatic heterocycles. The van der Waals surface area contributed by atoms with Crippen molar-refractivity contribution in [2.75, 3.05) is 24.6 Å². The lowest BCUT2D eigenvalue weighted by Gasteiger charge is -2.25. The Bertz CT molecular complexity index is 1280. The van der Waals surface area contributed by atoms with Crippen LogP contribution in [-0.2, 0) is 13.0 Å². The molecule has 0 saturated carbocycles. The minimum Gasteiger partial charge on any atom is -0.398 e. The maximum Gasteiger partial charge on any atom is 0.227 e. The molecule has 4 aromatic rings. The molecule has 5 rings (SSSR count). The van der Waals surface area contributed by atoms with E-state index in [0.29, 0.717) is 33.7 Å². The fourth-order valence-corrected chi connectivity index (χ4v) is 4.28. The summed E-state index contributed by atoms with van der Waals surface area (Å²) in [6, 6.07) is 15.1.